The van der Waals surface area contributed by atoms with Gasteiger partial charge in [0.1, 0.15) is 5.25 Å². The molecule has 1 saturated heterocycles. The number of Topliss-reactive ketones (excluding diaryl/α,β-unsaturated/α-hetero) is 1. The summed E-state index contributed by atoms with van der Waals surface area (Å²) in [7, 11) is 0. The summed E-state index contributed by atoms with van der Waals surface area (Å²) in [5.74, 6) is -0.678. The van der Waals surface area contributed by atoms with Crippen LogP contribution in [-0.4, -0.2) is 41.6 Å². The summed E-state index contributed by atoms with van der Waals surface area (Å²) in [6, 6.07) is 0. The van der Waals surface area contributed by atoms with E-state index in [2.05, 4.69) is 17.4 Å². The summed E-state index contributed by atoms with van der Waals surface area (Å²) in [6.07, 6.45) is 0. The molecule has 1 amide bonds. The smallest absolute Gasteiger partial charge is 0.294 e. The van der Waals surface area contributed by atoms with Crippen LogP contribution in [0.15, 0.2) is 0 Å². The van der Waals surface area contributed by atoms with E-state index in [4.69, 9.17) is 0 Å². The lowest BCUT2D eigenvalue weighted by molar-refractivity contribution is -0.140. The molecule has 12 heavy (non-hydrogen) atoms. The van der Waals surface area contributed by atoms with Crippen molar-refractivity contribution < 1.29 is 19.1 Å². The number of thiol groups is 1. The quantitative estimate of drug-likeness (QED) is 0.345. The highest BCUT2D eigenvalue weighted by molar-refractivity contribution is 7.82. The number of carbonyl (C=O) groups is 3. The Kier molecular flexibility index (Phi) is 2.69. The second kappa shape index (κ2) is 3.57. The van der Waals surface area contributed by atoms with Gasteiger partial charge in [-0.15, -0.1) is 0 Å². The van der Waals surface area contributed by atoms with Gasteiger partial charge >= 0.3 is 0 Å². The summed E-state index contributed by atoms with van der Waals surface area (Å²) in [6.45, 7) is 0.0234. The molecule has 0 aromatic carbocycles. The van der Waals surface area contributed by atoms with E-state index in [0.29, 0.717) is 0 Å². The molecule has 0 saturated carbocycles. The zero-order valence-electron chi connectivity index (χ0n) is 6.10. The number of hydrogen-bond acceptors (Lipinski definition) is 5. The number of ketones is 1. The zero-order chi connectivity index (χ0) is 9.14. The molecule has 1 rings (SSSR count). The molecule has 1 aliphatic heterocycles. The van der Waals surface area contributed by atoms with Crippen molar-refractivity contribution >= 4 is 30.8 Å². The Labute approximate surface area is 74.1 Å². The normalized spacial score (nSPS) is 23.1. The van der Waals surface area contributed by atoms with Crippen molar-refractivity contribution in [1.82, 2.24) is 4.90 Å². The molecule has 0 spiro atoms. The maximum Gasteiger partial charge on any atom is 0.294 e. The van der Waals surface area contributed by atoms with E-state index in [0.717, 1.165) is 4.90 Å². The number of rotatable bonds is 3. The SMILES string of the molecule is O=COCN1CC(=O)C(S)C1=O. The van der Waals surface area contributed by atoms with Crippen LogP contribution in [0.4, 0.5) is 0 Å². The number of ether oxygens (including phenoxy) is 1. The minimum Gasteiger partial charge on any atom is -0.446 e. The zero-order valence-corrected chi connectivity index (χ0v) is 6.99. The predicted molar refractivity (Wildman–Crippen MR) is 41.5 cm³/mol. The number of carbonyl (C=O) groups excluding carboxylic acids is 3. The van der Waals surface area contributed by atoms with Gasteiger partial charge < -0.3 is 9.64 Å². The summed E-state index contributed by atoms with van der Waals surface area (Å²) >= 11 is 3.78. The Morgan fingerprint density at radius 1 is 1.67 bits per heavy atom. The lowest BCUT2D eigenvalue weighted by Gasteiger charge is -2.11. The monoisotopic (exact) mass is 189 g/mol. The molecule has 0 bridgehead atoms. The molecule has 0 aliphatic carbocycles. The first-order chi connectivity index (χ1) is 5.66. The first kappa shape index (κ1) is 9.05. The van der Waals surface area contributed by atoms with Crippen molar-refractivity contribution in [3.8, 4) is 0 Å². The van der Waals surface area contributed by atoms with Crippen LogP contribution in [0.2, 0.25) is 0 Å². The number of nitrogens with zero attached hydrogens (tertiary/aromatic N) is 1. The molecule has 1 unspecified atom stereocenters. The van der Waals surface area contributed by atoms with Crippen LogP contribution in [0.25, 0.3) is 0 Å². The van der Waals surface area contributed by atoms with Gasteiger partial charge in [0.25, 0.3) is 6.47 Å². The fourth-order valence-electron chi connectivity index (χ4n) is 0.893. The maximum atomic E-state index is 11.1. The second-order valence-corrected chi connectivity index (χ2v) is 2.81. The first-order valence-corrected chi connectivity index (χ1v) is 3.73. The third kappa shape index (κ3) is 1.58. The van der Waals surface area contributed by atoms with Crippen molar-refractivity contribution in [2.24, 2.45) is 0 Å². The second-order valence-electron chi connectivity index (χ2n) is 2.30. The van der Waals surface area contributed by atoms with Crippen molar-refractivity contribution in [2.45, 2.75) is 5.25 Å². The molecule has 1 fully saturated rings. The van der Waals surface area contributed by atoms with Crippen LogP contribution in [0.3, 0.4) is 0 Å². The summed E-state index contributed by atoms with van der Waals surface area (Å²) < 4.78 is 4.32. The fraction of sp³-hybridized carbons (Fsp3) is 0.500. The van der Waals surface area contributed by atoms with E-state index in [1.54, 1.807) is 0 Å². The molecule has 0 N–H and O–H groups in total. The lowest BCUT2D eigenvalue weighted by Crippen LogP contribution is -2.29. The Morgan fingerprint density at radius 2 is 2.33 bits per heavy atom. The fourth-order valence-corrected chi connectivity index (χ4v) is 1.14. The van der Waals surface area contributed by atoms with Crippen LogP contribution < -0.4 is 0 Å². The number of amides is 1. The van der Waals surface area contributed by atoms with Gasteiger partial charge in [-0.2, -0.15) is 12.6 Å². The van der Waals surface area contributed by atoms with E-state index >= 15 is 0 Å². The van der Waals surface area contributed by atoms with Crippen LogP contribution in [-0.2, 0) is 19.1 Å². The highest BCUT2D eigenvalue weighted by Crippen LogP contribution is 2.12. The molecule has 5 nitrogen and oxygen atoms in total. The topological polar surface area (TPSA) is 63.7 Å². The third-order valence-electron chi connectivity index (χ3n) is 1.50. The molecule has 66 valence electrons. The van der Waals surface area contributed by atoms with Gasteiger partial charge in [0.05, 0.1) is 6.54 Å². The Bertz CT molecular complexity index is 230. The highest BCUT2D eigenvalue weighted by Gasteiger charge is 2.36. The summed E-state index contributed by atoms with van der Waals surface area (Å²) in [5.41, 5.74) is 0. The van der Waals surface area contributed by atoms with Gasteiger partial charge in [-0.05, 0) is 0 Å². The van der Waals surface area contributed by atoms with E-state index in [9.17, 15) is 14.4 Å². The van der Waals surface area contributed by atoms with E-state index in [-0.39, 0.29) is 25.5 Å². The molecule has 1 heterocycles. The summed E-state index contributed by atoms with van der Waals surface area (Å²) in [5, 5.41) is -0.889. The minimum absolute atomic E-state index is 0.0269. The molecule has 0 radical (unpaired) electrons. The van der Waals surface area contributed by atoms with Crippen LogP contribution in [0.5, 0.6) is 0 Å². The van der Waals surface area contributed by atoms with Crippen molar-refractivity contribution in [2.75, 3.05) is 13.3 Å². The molecule has 1 aliphatic rings. The Balaban J connectivity index is 2.52. The van der Waals surface area contributed by atoms with Crippen molar-refractivity contribution in [3.63, 3.8) is 0 Å². The molecule has 0 aromatic rings. The van der Waals surface area contributed by atoms with Crippen LogP contribution in [0.1, 0.15) is 0 Å². The molecular formula is C6H7NO4S. The van der Waals surface area contributed by atoms with E-state index < -0.39 is 11.2 Å². The lowest BCUT2D eigenvalue weighted by atomic mass is 10.3. The largest absolute Gasteiger partial charge is 0.446 e. The van der Waals surface area contributed by atoms with Crippen molar-refractivity contribution in [1.29, 1.82) is 0 Å². The van der Waals surface area contributed by atoms with E-state index in [1.807, 2.05) is 0 Å². The van der Waals surface area contributed by atoms with Gasteiger partial charge in [-0.25, -0.2) is 0 Å². The molecule has 1 atom stereocenters. The highest BCUT2D eigenvalue weighted by atomic mass is 32.1. The Hall–Kier alpha value is -1.04. The first-order valence-electron chi connectivity index (χ1n) is 3.21. The minimum atomic E-state index is -0.889. The average Bonchev–Trinajstić information content (AvgIpc) is 2.30. The van der Waals surface area contributed by atoms with Gasteiger partial charge in [0.15, 0.2) is 12.5 Å². The third-order valence-corrected chi connectivity index (χ3v) is 2.00. The number of likely N-dealkylation sites (tertiary alicyclic amines) is 1. The van der Waals surface area contributed by atoms with Gasteiger partial charge in [-0.1, -0.05) is 0 Å². The molecule has 0 aromatic heterocycles. The van der Waals surface area contributed by atoms with E-state index in [1.165, 1.54) is 0 Å². The van der Waals surface area contributed by atoms with Crippen molar-refractivity contribution in [3.05, 3.63) is 0 Å². The standard InChI is InChI=1S/C6H7NO4S/c8-3-11-2-7-1-4(9)5(12)6(7)10/h3,5,12H,1-2H2. The van der Waals surface area contributed by atoms with Crippen LogP contribution >= 0.6 is 12.6 Å². The number of hydrogen-bond donors (Lipinski definition) is 1. The van der Waals surface area contributed by atoms with Gasteiger partial charge in [0.2, 0.25) is 5.91 Å². The van der Waals surface area contributed by atoms with Gasteiger partial charge in [0, 0.05) is 0 Å². The Morgan fingerprint density at radius 3 is 2.75 bits per heavy atom. The maximum absolute atomic E-state index is 11.1. The summed E-state index contributed by atoms with van der Waals surface area (Å²) in [4.78, 5) is 32.8. The predicted octanol–water partition coefficient (Wildman–Crippen LogP) is -1.17. The van der Waals surface area contributed by atoms with Gasteiger partial charge in [-0.3, -0.25) is 14.4 Å². The average molecular weight is 189 g/mol. The van der Waals surface area contributed by atoms with Crippen LogP contribution in [0, 0.1) is 0 Å². The molecule has 6 heteroatoms. The molecular weight excluding hydrogens is 182 g/mol.